The summed E-state index contributed by atoms with van der Waals surface area (Å²) in [7, 11) is 0. The van der Waals surface area contributed by atoms with E-state index >= 15 is 0 Å². The molecule has 0 aliphatic carbocycles. The number of aromatic nitrogens is 5. The summed E-state index contributed by atoms with van der Waals surface area (Å²) < 4.78 is 4.69. The van der Waals surface area contributed by atoms with Gasteiger partial charge >= 0.3 is 0 Å². The van der Waals surface area contributed by atoms with Gasteiger partial charge in [0.2, 0.25) is 0 Å². The van der Waals surface area contributed by atoms with E-state index in [1.807, 2.05) is 47.9 Å². The summed E-state index contributed by atoms with van der Waals surface area (Å²) in [5.74, 6) is 0. The van der Waals surface area contributed by atoms with Crippen molar-refractivity contribution in [3.05, 3.63) is 69.2 Å². The Morgan fingerprint density at radius 1 is 0.969 bits per heavy atom. The highest BCUT2D eigenvalue weighted by Crippen LogP contribution is 2.29. The Labute approximate surface area is 194 Å². The zero-order valence-corrected chi connectivity index (χ0v) is 19.8. The fourth-order valence-corrected chi connectivity index (χ4v) is 4.40. The van der Waals surface area contributed by atoms with Gasteiger partial charge in [-0.15, -0.1) is 0 Å². The standard InChI is InChI=1S/C25H24BrN5O/c1-3-4-5-8-13-30-15-27-23-21(25(30)32)22-24(29-20-10-7-6-9-19(20)28-22)31(23)17-11-12-18(26)16(2)14-17/h6-7,9-12,14-15H,3-5,8,13H2,1-2H3. The maximum absolute atomic E-state index is 13.5. The second kappa shape index (κ2) is 8.47. The second-order valence-corrected chi connectivity index (χ2v) is 9.01. The van der Waals surface area contributed by atoms with Crippen LogP contribution in [0, 0.1) is 6.92 Å². The molecule has 0 saturated carbocycles. The molecule has 5 aromatic rings. The lowest BCUT2D eigenvalue weighted by molar-refractivity contribution is 0.567. The van der Waals surface area contributed by atoms with Crippen LogP contribution in [0.1, 0.15) is 38.2 Å². The third kappa shape index (κ3) is 3.50. The van der Waals surface area contributed by atoms with Crippen LogP contribution in [-0.2, 0) is 6.54 Å². The molecule has 3 aromatic heterocycles. The molecular formula is C25H24BrN5O. The monoisotopic (exact) mass is 489 g/mol. The van der Waals surface area contributed by atoms with E-state index in [1.165, 1.54) is 6.42 Å². The van der Waals surface area contributed by atoms with Gasteiger partial charge in [-0.1, -0.05) is 54.2 Å². The van der Waals surface area contributed by atoms with Crippen LogP contribution in [0.5, 0.6) is 0 Å². The molecule has 0 aliphatic rings. The van der Waals surface area contributed by atoms with Crippen molar-refractivity contribution in [2.24, 2.45) is 0 Å². The number of halogens is 1. The summed E-state index contributed by atoms with van der Waals surface area (Å²) in [5.41, 5.74) is 5.33. The zero-order valence-electron chi connectivity index (χ0n) is 18.2. The molecule has 32 heavy (non-hydrogen) atoms. The molecule has 0 radical (unpaired) electrons. The van der Waals surface area contributed by atoms with Crippen molar-refractivity contribution < 1.29 is 0 Å². The van der Waals surface area contributed by atoms with Gasteiger partial charge in [-0.05, 0) is 49.2 Å². The summed E-state index contributed by atoms with van der Waals surface area (Å²) in [6.45, 7) is 4.88. The van der Waals surface area contributed by atoms with Gasteiger partial charge in [-0.25, -0.2) is 15.0 Å². The van der Waals surface area contributed by atoms with E-state index in [2.05, 4.69) is 28.9 Å². The third-order valence-corrected chi connectivity index (χ3v) is 6.77. The number of para-hydroxylation sites is 2. The normalized spacial score (nSPS) is 11.7. The molecular weight excluding hydrogens is 466 g/mol. The Kier molecular flexibility index (Phi) is 5.51. The molecule has 6 nitrogen and oxygen atoms in total. The van der Waals surface area contributed by atoms with Crippen molar-refractivity contribution in [2.45, 2.75) is 46.1 Å². The summed E-state index contributed by atoms with van der Waals surface area (Å²) in [4.78, 5) is 28.0. The van der Waals surface area contributed by atoms with Crippen LogP contribution in [0.25, 0.3) is 38.9 Å². The summed E-state index contributed by atoms with van der Waals surface area (Å²) in [6, 6.07) is 13.8. The molecule has 0 aliphatic heterocycles. The summed E-state index contributed by atoms with van der Waals surface area (Å²) >= 11 is 3.57. The first-order valence-corrected chi connectivity index (χ1v) is 11.8. The molecule has 0 atom stereocenters. The average molecular weight is 490 g/mol. The quantitative estimate of drug-likeness (QED) is 0.277. The Balaban J connectivity index is 1.80. The molecule has 2 aromatic carbocycles. The number of hydrogen-bond donors (Lipinski definition) is 0. The Morgan fingerprint density at radius 3 is 2.50 bits per heavy atom. The molecule has 0 amide bonds. The minimum atomic E-state index is -0.0614. The SMILES string of the molecule is CCCCCCn1cnc2c(c1=O)c1nc3ccccc3nc1n2-c1ccc(Br)c(C)c1. The molecule has 0 fully saturated rings. The Hall–Kier alpha value is -3.06. The summed E-state index contributed by atoms with van der Waals surface area (Å²) in [5, 5.41) is 0.525. The number of benzene rings is 2. The van der Waals surface area contributed by atoms with E-state index in [0.29, 0.717) is 28.7 Å². The van der Waals surface area contributed by atoms with E-state index in [1.54, 1.807) is 10.9 Å². The van der Waals surface area contributed by atoms with Gasteiger partial charge in [-0.3, -0.25) is 13.9 Å². The van der Waals surface area contributed by atoms with Gasteiger partial charge in [0, 0.05) is 16.7 Å². The number of rotatable bonds is 6. The van der Waals surface area contributed by atoms with Gasteiger partial charge in [0.15, 0.2) is 11.3 Å². The van der Waals surface area contributed by atoms with Gasteiger partial charge in [0.1, 0.15) is 10.9 Å². The van der Waals surface area contributed by atoms with E-state index in [9.17, 15) is 4.79 Å². The molecule has 0 saturated heterocycles. The van der Waals surface area contributed by atoms with Crippen molar-refractivity contribution in [2.75, 3.05) is 0 Å². The lowest BCUT2D eigenvalue weighted by Gasteiger charge is -2.09. The van der Waals surface area contributed by atoms with Crippen molar-refractivity contribution in [1.29, 1.82) is 0 Å². The molecule has 5 rings (SSSR count). The van der Waals surface area contributed by atoms with E-state index in [-0.39, 0.29) is 5.56 Å². The van der Waals surface area contributed by atoms with Gasteiger partial charge in [0.25, 0.3) is 5.56 Å². The zero-order chi connectivity index (χ0) is 22.2. The molecule has 162 valence electrons. The predicted molar refractivity (Wildman–Crippen MR) is 133 cm³/mol. The topological polar surface area (TPSA) is 65.6 Å². The largest absolute Gasteiger partial charge is 0.299 e. The maximum atomic E-state index is 13.5. The van der Waals surface area contributed by atoms with E-state index < -0.39 is 0 Å². The van der Waals surface area contributed by atoms with Crippen LogP contribution >= 0.6 is 15.9 Å². The van der Waals surface area contributed by atoms with Crippen LogP contribution in [0.4, 0.5) is 0 Å². The van der Waals surface area contributed by atoms with E-state index in [4.69, 9.17) is 15.0 Å². The van der Waals surface area contributed by atoms with Crippen molar-refractivity contribution >= 4 is 49.2 Å². The number of hydrogen-bond acceptors (Lipinski definition) is 4. The highest BCUT2D eigenvalue weighted by atomic mass is 79.9. The molecule has 7 heteroatoms. The minimum absolute atomic E-state index is 0.0614. The number of unbranched alkanes of at least 4 members (excludes halogenated alkanes) is 3. The lowest BCUT2D eigenvalue weighted by Crippen LogP contribution is -2.20. The van der Waals surface area contributed by atoms with Crippen molar-refractivity contribution in [1.82, 2.24) is 24.1 Å². The van der Waals surface area contributed by atoms with Crippen molar-refractivity contribution in [3.63, 3.8) is 0 Å². The maximum Gasteiger partial charge on any atom is 0.265 e. The molecule has 0 bridgehead atoms. The van der Waals surface area contributed by atoms with Crippen LogP contribution in [0.15, 0.2) is 58.1 Å². The molecule has 0 unspecified atom stereocenters. The van der Waals surface area contributed by atoms with Crippen molar-refractivity contribution in [3.8, 4) is 5.69 Å². The lowest BCUT2D eigenvalue weighted by atomic mass is 10.2. The van der Waals surface area contributed by atoms with Gasteiger partial charge < -0.3 is 0 Å². The van der Waals surface area contributed by atoms with Gasteiger partial charge in [-0.2, -0.15) is 0 Å². The highest BCUT2D eigenvalue weighted by Gasteiger charge is 2.21. The van der Waals surface area contributed by atoms with E-state index in [0.717, 1.165) is 46.0 Å². The first kappa shape index (κ1) is 20.8. The molecule has 3 heterocycles. The molecule has 0 N–H and O–H groups in total. The minimum Gasteiger partial charge on any atom is -0.299 e. The molecule has 0 spiro atoms. The van der Waals surface area contributed by atoms with Crippen LogP contribution < -0.4 is 5.56 Å². The number of fused-ring (bicyclic) bond motifs is 4. The summed E-state index contributed by atoms with van der Waals surface area (Å²) in [6.07, 6.45) is 6.06. The van der Waals surface area contributed by atoms with Crippen LogP contribution in [0.3, 0.4) is 0 Å². The predicted octanol–water partition coefficient (Wildman–Crippen LogP) is 5.93. The second-order valence-electron chi connectivity index (χ2n) is 8.16. The average Bonchev–Trinajstić information content (AvgIpc) is 3.12. The van der Waals surface area contributed by atoms with Gasteiger partial charge in [0.05, 0.1) is 17.4 Å². The third-order valence-electron chi connectivity index (χ3n) is 5.88. The fourth-order valence-electron chi connectivity index (χ4n) is 4.15. The number of aryl methyl sites for hydroxylation is 2. The van der Waals surface area contributed by atoms with Crippen LogP contribution in [0.2, 0.25) is 0 Å². The first-order chi connectivity index (χ1) is 15.6. The van der Waals surface area contributed by atoms with Crippen LogP contribution in [-0.4, -0.2) is 24.1 Å². The fraction of sp³-hybridized carbons (Fsp3) is 0.280. The first-order valence-electron chi connectivity index (χ1n) is 11.0. The number of nitrogens with zero attached hydrogens (tertiary/aromatic N) is 5. The highest BCUT2D eigenvalue weighted by molar-refractivity contribution is 9.10. The Bertz CT molecular complexity index is 1520. The smallest absolute Gasteiger partial charge is 0.265 e. The Morgan fingerprint density at radius 2 is 1.75 bits per heavy atom.